The van der Waals surface area contributed by atoms with Crippen LogP contribution in [0, 0.1) is 11.8 Å². The van der Waals surface area contributed by atoms with Crippen molar-refractivity contribution in [1.82, 2.24) is 10.2 Å². The lowest BCUT2D eigenvalue weighted by atomic mass is 9.60. The molecule has 1 saturated carbocycles. The average Bonchev–Trinajstić information content (AvgIpc) is 3.12. The first-order chi connectivity index (χ1) is 14.0. The predicted octanol–water partition coefficient (Wildman–Crippen LogP) is 2.66. The Morgan fingerprint density at radius 3 is 2.53 bits per heavy atom. The van der Waals surface area contributed by atoms with Gasteiger partial charge in [-0.3, -0.25) is 14.5 Å². The molecule has 164 valence electrons. The van der Waals surface area contributed by atoms with Crippen LogP contribution in [0.4, 0.5) is 4.79 Å². The number of carbonyl (C=O) groups is 3. The molecule has 1 spiro atoms. The summed E-state index contributed by atoms with van der Waals surface area (Å²) in [4.78, 5) is 40.2. The number of carbonyl (C=O) groups excluding carboxylic acids is 3. The van der Waals surface area contributed by atoms with Crippen molar-refractivity contribution in [2.45, 2.75) is 70.7 Å². The minimum Gasteiger partial charge on any atom is -0.444 e. The van der Waals surface area contributed by atoms with Crippen molar-refractivity contribution in [3.63, 3.8) is 0 Å². The Morgan fingerprint density at radius 1 is 1.30 bits per heavy atom. The second-order valence-corrected chi connectivity index (χ2v) is 9.41. The van der Waals surface area contributed by atoms with E-state index in [0.717, 1.165) is 12.0 Å². The Kier molecular flexibility index (Phi) is 6.22. The number of benzene rings is 1. The molecule has 2 amide bonds. The lowest BCUT2D eigenvalue weighted by molar-refractivity contribution is -0.158. The van der Waals surface area contributed by atoms with Crippen LogP contribution in [0.25, 0.3) is 0 Å². The number of hydrogen-bond donors (Lipinski definition) is 2. The maximum atomic E-state index is 13.3. The molecule has 7 heteroatoms. The van der Waals surface area contributed by atoms with Crippen LogP contribution in [0.5, 0.6) is 0 Å². The van der Waals surface area contributed by atoms with Gasteiger partial charge in [0.25, 0.3) is 0 Å². The molecule has 1 saturated heterocycles. The molecular formula is C23H32N2O5. The monoisotopic (exact) mass is 416 g/mol. The molecule has 0 radical (unpaired) electrons. The zero-order chi connectivity index (χ0) is 22.1. The molecular weight excluding hydrogens is 384 g/mol. The number of ether oxygens (including phenoxy) is 1. The van der Waals surface area contributed by atoms with Gasteiger partial charge in [0.15, 0.2) is 5.78 Å². The van der Waals surface area contributed by atoms with Crippen molar-refractivity contribution in [2.75, 3.05) is 6.54 Å². The lowest BCUT2D eigenvalue weighted by Crippen LogP contribution is -2.67. The molecule has 2 unspecified atom stereocenters. The molecule has 1 aliphatic heterocycles. The first-order valence-corrected chi connectivity index (χ1v) is 10.6. The summed E-state index contributed by atoms with van der Waals surface area (Å²) in [6, 6.07) is 9.47. The molecule has 2 N–H and O–H groups in total. The third-order valence-electron chi connectivity index (χ3n) is 6.02. The van der Waals surface area contributed by atoms with Crippen molar-refractivity contribution in [2.24, 2.45) is 11.8 Å². The highest BCUT2D eigenvalue weighted by molar-refractivity contribution is 6.02. The topological polar surface area (TPSA) is 95.9 Å². The van der Waals surface area contributed by atoms with Gasteiger partial charge < -0.3 is 15.2 Å². The molecule has 1 aromatic rings. The molecule has 3 rings (SSSR count). The van der Waals surface area contributed by atoms with Gasteiger partial charge in [0.2, 0.25) is 5.91 Å². The SMILES string of the molecule is C[C@@H](O)[C@@H](C(=O)NCc1ccccc1)C1CC2(CCCN2C(=O)OC(C)(C)C)C1=O. The van der Waals surface area contributed by atoms with Gasteiger partial charge in [-0.15, -0.1) is 0 Å². The van der Waals surface area contributed by atoms with Crippen LogP contribution in [-0.2, 0) is 20.9 Å². The van der Waals surface area contributed by atoms with Crippen molar-refractivity contribution in [1.29, 1.82) is 0 Å². The molecule has 7 nitrogen and oxygen atoms in total. The van der Waals surface area contributed by atoms with Crippen LogP contribution in [0.1, 0.15) is 52.5 Å². The zero-order valence-corrected chi connectivity index (χ0v) is 18.2. The summed E-state index contributed by atoms with van der Waals surface area (Å²) in [5, 5.41) is 13.1. The van der Waals surface area contributed by atoms with E-state index < -0.39 is 35.2 Å². The highest BCUT2D eigenvalue weighted by Crippen LogP contribution is 2.49. The van der Waals surface area contributed by atoms with Crippen LogP contribution in [0.15, 0.2) is 30.3 Å². The highest BCUT2D eigenvalue weighted by Gasteiger charge is 2.63. The number of hydrogen-bond acceptors (Lipinski definition) is 5. The number of aliphatic hydroxyl groups excluding tert-OH is 1. The minimum absolute atomic E-state index is 0.147. The molecule has 2 fully saturated rings. The Hall–Kier alpha value is -2.41. The Balaban J connectivity index is 1.69. The van der Waals surface area contributed by atoms with E-state index in [0.29, 0.717) is 25.9 Å². The Morgan fingerprint density at radius 2 is 1.97 bits per heavy atom. The first kappa shape index (κ1) is 22.3. The van der Waals surface area contributed by atoms with E-state index in [1.54, 1.807) is 20.8 Å². The molecule has 0 bridgehead atoms. The number of Topliss-reactive ketones (excluding diaryl/α,β-unsaturated/α-hetero) is 1. The van der Waals surface area contributed by atoms with Gasteiger partial charge in [-0.1, -0.05) is 30.3 Å². The van der Waals surface area contributed by atoms with Crippen molar-refractivity contribution in [3.05, 3.63) is 35.9 Å². The standard InChI is InChI=1S/C23H32N2O5/c1-15(26)18(20(28)24-14-16-9-6-5-7-10-16)17-13-23(19(17)27)11-8-12-25(23)21(29)30-22(2,3)4/h5-7,9-10,15,17-18,26H,8,11-14H2,1-4H3,(H,24,28)/t15-,17?,18-,23?/m1/s1. The van der Waals surface area contributed by atoms with Crippen LogP contribution >= 0.6 is 0 Å². The van der Waals surface area contributed by atoms with Crippen molar-refractivity contribution in [3.8, 4) is 0 Å². The quantitative estimate of drug-likeness (QED) is 0.769. The number of likely N-dealkylation sites (tertiary alicyclic amines) is 1. The Labute approximate surface area is 177 Å². The zero-order valence-electron chi connectivity index (χ0n) is 18.2. The van der Waals surface area contributed by atoms with E-state index in [9.17, 15) is 19.5 Å². The number of amides is 2. The van der Waals surface area contributed by atoms with Gasteiger partial charge in [0.1, 0.15) is 11.1 Å². The summed E-state index contributed by atoms with van der Waals surface area (Å²) >= 11 is 0. The molecule has 0 aromatic heterocycles. The molecule has 1 heterocycles. The largest absolute Gasteiger partial charge is 0.444 e. The number of ketones is 1. The second-order valence-electron chi connectivity index (χ2n) is 9.41. The van der Waals surface area contributed by atoms with Crippen LogP contribution in [-0.4, -0.2) is 51.6 Å². The van der Waals surface area contributed by atoms with Gasteiger partial charge in [-0.25, -0.2) is 4.79 Å². The van der Waals surface area contributed by atoms with Gasteiger partial charge in [-0.2, -0.15) is 0 Å². The molecule has 1 aromatic carbocycles. The maximum absolute atomic E-state index is 13.3. The minimum atomic E-state index is -0.969. The van der Waals surface area contributed by atoms with Gasteiger partial charge in [0, 0.05) is 19.0 Å². The fraction of sp³-hybridized carbons (Fsp3) is 0.609. The molecule has 1 aliphatic carbocycles. The smallest absolute Gasteiger partial charge is 0.411 e. The summed E-state index contributed by atoms with van der Waals surface area (Å²) in [6.07, 6.45) is 0.202. The Bertz CT molecular complexity index is 802. The third kappa shape index (κ3) is 4.36. The third-order valence-corrected chi connectivity index (χ3v) is 6.02. The lowest BCUT2D eigenvalue weighted by Gasteiger charge is -2.50. The fourth-order valence-electron chi connectivity index (χ4n) is 4.63. The second kappa shape index (κ2) is 8.38. The van der Waals surface area contributed by atoms with E-state index >= 15 is 0 Å². The number of rotatable bonds is 5. The fourth-order valence-corrected chi connectivity index (χ4v) is 4.63. The van der Waals surface area contributed by atoms with Crippen molar-refractivity contribution >= 4 is 17.8 Å². The first-order valence-electron chi connectivity index (χ1n) is 10.6. The predicted molar refractivity (Wildman–Crippen MR) is 111 cm³/mol. The van der Waals surface area contributed by atoms with Gasteiger partial charge >= 0.3 is 6.09 Å². The van der Waals surface area contributed by atoms with E-state index in [-0.39, 0.29) is 11.7 Å². The van der Waals surface area contributed by atoms with Crippen molar-refractivity contribution < 1.29 is 24.2 Å². The van der Waals surface area contributed by atoms with Gasteiger partial charge in [0.05, 0.1) is 12.0 Å². The number of aliphatic hydroxyl groups is 1. The normalized spacial score (nSPS) is 25.6. The average molecular weight is 417 g/mol. The summed E-state index contributed by atoms with van der Waals surface area (Å²) in [7, 11) is 0. The summed E-state index contributed by atoms with van der Waals surface area (Å²) in [5.74, 6) is -1.94. The van der Waals surface area contributed by atoms with E-state index in [1.165, 1.54) is 11.8 Å². The highest BCUT2D eigenvalue weighted by atomic mass is 16.6. The molecule has 4 atom stereocenters. The summed E-state index contributed by atoms with van der Waals surface area (Å²) in [6.45, 7) is 7.70. The van der Waals surface area contributed by atoms with Crippen LogP contribution < -0.4 is 5.32 Å². The number of nitrogens with zero attached hydrogens (tertiary/aromatic N) is 1. The summed E-state index contributed by atoms with van der Waals surface area (Å²) in [5.41, 5.74) is -0.606. The van der Waals surface area contributed by atoms with E-state index in [1.807, 2.05) is 30.3 Å². The van der Waals surface area contributed by atoms with Gasteiger partial charge in [-0.05, 0) is 52.5 Å². The molecule has 30 heavy (non-hydrogen) atoms. The van der Waals surface area contributed by atoms with E-state index in [2.05, 4.69) is 5.32 Å². The van der Waals surface area contributed by atoms with Crippen LogP contribution in [0.3, 0.4) is 0 Å². The van der Waals surface area contributed by atoms with Crippen LogP contribution in [0.2, 0.25) is 0 Å². The number of nitrogens with one attached hydrogen (secondary N) is 1. The summed E-state index contributed by atoms with van der Waals surface area (Å²) < 4.78 is 5.49. The van der Waals surface area contributed by atoms with E-state index in [4.69, 9.17) is 4.74 Å². The molecule has 2 aliphatic rings. The maximum Gasteiger partial charge on any atom is 0.411 e.